The summed E-state index contributed by atoms with van der Waals surface area (Å²) in [6.07, 6.45) is 0.291. The summed E-state index contributed by atoms with van der Waals surface area (Å²) in [5, 5.41) is 5.81. The van der Waals surface area contributed by atoms with Crippen LogP contribution in [0.3, 0.4) is 0 Å². The number of rotatable bonds is 5. The zero-order valence-corrected chi connectivity index (χ0v) is 14.9. The molecule has 0 unspecified atom stereocenters. The molecule has 0 saturated carbocycles. The van der Waals surface area contributed by atoms with Crippen LogP contribution in [-0.2, 0) is 4.79 Å². The molecule has 1 fully saturated rings. The van der Waals surface area contributed by atoms with Gasteiger partial charge in [0.05, 0.1) is 19.2 Å². The van der Waals surface area contributed by atoms with Crippen LogP contribution in [0.1, 0.15) is 24.9 Å². The molecule has 2 aromatic carbocycles. The van der Waals surface area contributed by atoms with Gasteiger partial charge in [-0.1, -0.05) is 30.3 Å². The van der Waals surface area contributed by atoms with Gasteiger partial charge in [0, 0.05) is 18.7 Å². The predicted molar refractivity (Wildman–Crippen MR) is 100 cm³/mol. The van der Waals surface area contributed by atoms with Crippen LogP contribution in [-0.4, -0.2) is 31.6 Å². The molecule has 3 amide bonds. The molecule has 1 saturated heterocycles. The highest BCUT2D eigenvalue weighted by Gasteiger charge is 2.31. The third kappa shape index (κ3) is 4.14. The van der Waals surface area contributed by atoms with Gasteiger partial charge in [0.2, 0.25) is 5.91 Å². The maximum atomic E-state index is 12.3. The van der Waals surface area contributed by atoms with Crippen molar-refractivity contribution in [2.75, 3.05) is 18.6 Å². The molecule has 2 N–H and O–H groups in total. The summed E-state index contributed by atoms with van der Waals surface area (Å²) in [7, 11) is 1.60. The number of nitrogens with zero attached hydrogens (tertiary/aromatic N) is 1. The summed E-state index contributed by atoms with van der Waals surface area (Å²) < 4.78 is 5.14. The van der Waals surface area contributed by atoms with Gasteiger partial charge in [0.25, 0.3) is 0 Å². The minimum atomic E-state index is -0.268. The van der Waals surface area contributed by atoms with Gasteiger partial charge < -0.3 is 20.3 Å². The van der Waals surface area contributed by atoms with E-state index in [2.05, 4.69) is 10.6 Å². The predicted octanol–water partition coefficient (Wildman–Crippen LogP) is 2.86. The maximum Gasteiger partial charge on any atom is 0.315 e. The molecule has 2 atom stereocenters. The van der Waals surface area contributed by atoms with Crippen LogP contribution in [0.25, 0.3) is 0 Å². The van der Waals surface area contributed by atoms with Crippen LogP contribution in [0.2, 0.25) is 0 Å². The summed E-state index contributed by atoms with van der Waals surface area (Å²) in [5.74, 6) is 0.737. The first-order valence-electron chi connectivity index (χ1n) is 8.63. The van der Waals surface area contributed by atoms with Crippen molar-refractivity contribution in [3.63, 3.8) is 0 Å². The fourth-order valence-corrected chi connectivity index (χ4v) is 3.06. The monoisotopic (exact) mass is 353 g/mol. The van der Waals surface area contributed by atoms with Gasteiger partial charge in [0.15, 0.2) is 0 Å². The lowest BCUT2D eigenvalue weighted by Gasteiger charge is -2.19. The van der Waals surface area contributed by atoms with Crippen LogP contribution in [0.15, 0.2) is 54.6 Å². The molecule has 1 heterocycles. The van der Waals surface area contributed by atoms with Crippen LogP contribution >= 0.6 is 0 Å². The minimum Gasteiger partial charge on any atom is -0.497 e. The van der Waals surface area contributed by atoms with Crippen LogP contribution in [0.4, 0.5) is 10.5 Å². The number of hydrogen-bond acceptors (Lipinski definition) is 3. The number of hydrogen-bond donors (Lipinski definition) is 2. The highest BCUT2D eigenvalue weighted by atomic mass is 16.5. The van der Waals surface area contributed by atoms with Crippen molar-refractivity contribution >= 4 is 17.6 Å². The molecule has 6 nitrogen and oxygen atoms in total. The number of carbonyl (C=O) groups excluding carboxylic acids is 2. The van der Waals surface area contributed by atoms with Crippen LogP contribution in [0, 0.1) is 0 Å². The standard InChI is InChI=1S/C20H23N3O3/c1-14(15-6-4-3-5-7-15)21-20(25)22-16-12-19(24)23(13-16)17-8-10-18(26-2)11-9-17/h3-11,14,16H,12-13H2,1-2H3,(H2,21,22,25)/t14-,16-/m0/s1. The van der Waals surface area contributed by atoms with Gasteiger partial charge in [-0.2, -0.15) is 0 Å². The Kier molecular flexibility index (Phi) is 5.41. The minimum absolute atomic E-state index is 0.00317. The van der Waals surface area contributed by atoms with E-state index in [1.54, 1.807) is 12.0 Å². The van der Waals surface area contributed by atoms with Gasteiger partial charge >= 0.3 is 6.03 Å². The van der Waals surface area contributed by atoms with Crippen molar-refractivity contribution in [3.8, 4) is 5.75 Å². The van der Waals surface area contributed by atoms with Crippen molar-refractivity contribution in [1.82, 2.24) is 10.6 Å². The molecule has 26 heavy (non-hydrogen) atoms. The molecule has 1 aliphatic heterocycles. The number of benzene rings is 2. The molecular formula is C20H23N3O3. The number of amides is 3. The molecule has 2 aromatic rings. The fourth-order valence-electron chi connectivity index (χ4n) is 3.06. The first-order chi connectivity index (χ1) is 12.6. The lowest BCUT2D eigenvalue weighted by Crippen LogP contribution is -2.44. The summed E-state index contributed by atoms with van der Waals surface area (Å²) >= 11 is 0. The molecule has 1 aliphatic rings. The first-order valence-corrected chi connectivity index (χ1v) is 8.63. The van der Waals surface area contributed by atoms with Crippen molar-refractivity contribution < 1.29 is 14.3 Å². The zero-order valence-electron chi connectivity index (χ0n) is 14.9. The fraction of sp³-hybridized carbons (Fsp3) is 0.300. The second-order valence-corrected chi connectivity index (χ2v) is 6.35. The van der Waals surface area contributed by atoms with E-state index in [0.717, 1.165) is 17.0 Å². The Hall–Kier alpha value is -3.02. The molecule has 0 aromatic heterocycles. The molecular weight excluding hydrogens is 330 g/mol. The number of methoxy groups -OCH3 is 1. The lowest BCUT2D eigenvalue weighted by molar-refractivity contribution is -0.117. The Morgan fingerprint density at radius 1 is 1.15 bits per heavy atom. The smallest absolute Gasteiger partial charge is 0.315 e. The average Bonchev–Trinajstić information content (AvgIpc) is 3.02. The number of anilines is 1. The van der Waals surface area contributed by atoms with E-state index in [1.165, 1.54) is 0 Å². The first kappa shape index (κ1) is 17.8. The number of carbonyl (C=O) groups is 2. The van der Waals surface area contributed by atoms with E-state index in [1.807, 2.05) is 61.5 Å². The van der Waals surface area contributed by atoms with E-state index >= 15 is 0 Å². The van der Waals surface area contributed by atoms with E-state index in [0.29, 0.717) is 13.0 Å². The summed E-state index contributed by atoms with van der Waals surface area (Å²) in [4.78, 5) is 26.2. The Balaban J connectivity index is 1.55. The summed E-state index contributed by atoms with van der Waals surface area (Å²) in [5.41, 5.74) is 1.84. The maximum absolute atomic E-state index is 12.3. The SMILES string of the molecule is COc1ccc(N2C[C@@H](NC(=O)N[C@@H](C)c3ccccc3)CC2=O)cc1. The van der Waals surface area contributed by atoms with Crippen LogP contribution in [0.5, 0.6) is 5.75 Å². The largest absolute Gasteiger partial charge is 0.497 e. The van der Waals surface area contributed by atoms with Crippen molar-refractivity contribution in [2.24, 2.45) is 0 Å². The van der Waals surface area contributed by atoms with E-state index in [4.69, 9.17) is 4.74 Å². The molecule has 0 aliphatic carbocycles. The Morgan fingerprint density at radius 3 is 2.50 bits per heavy atom. The van der Waals surface area contributed by atoms with Gasteiger partial charge in [-0.05, 0) is 36.8 Å². The molecule has 3 rings (SSSR count). The molecule has 0 spiro atoms. The third-order valence-corrected chi connectivity index (χ3v) is 4.49. The van der Waals surface area contributed by atoms with Gasteiger partial charge in [-0.3, -0.25) is 4.79 Å². The normalized spacial score (nSPS) is 17.7. The van der Waals surface area contributed by atoms with E-state index in [-0.39, 0.29) is 24.0 Å². The van der Waals surface area contributed by atoms with Gasteiger partial charge in [-0.25, -0.2) is 4.79 Å². The topological polar surface area (TPSA) is 70.7 Å². The molecule has 6 heteroatoms. The summed E-state index contributed by atoms with van der Waals surface area (Å²) in [6, 6.07) is 16.5. The van der Waals surface area contributed by atoms with Crippen LogP contribution < -0.4 is 20.3 Å². The third-order valence-electron chi connectivity index (χ3n) is 4.49. The highest BCUT2D eigenvalue weighted by molar-refractivity contribution is 5.96. The molecule has 0 radical (unpaired) electrons. The Bertz CT molecular complexity index is 762. The van der Waals surface area contributed by atoms with Gasteiger partial charge in [0.1, 0.15) is 5.75 Å². The van der Waals surface area contributed by atoms with Crippen molar-refractivity contribution in [1.29, 1.82) is 0 Å². The molecule has 0 bridgehead atoms. The Labute approximate surface area is 153 Å². The second kappa shape index (κ2) is 7.91. The van der Waals surface area contributed by atoms with Gasteiger partial charge in [-0.15, -0.1) is 0 Å². The van der Waals surface area contributed by atoms with Crippen molar-refractivity contribution in [2.45, 2.75) is 25.4 Å². The molecule has 136 valence electrons. The van der Waals surface area contributed by atoms with Crippen molar-refractivity contribution in [3.05, 3.63) is 60.2 Å². The summed E-state index contributed by atoms with van der Waals surface area (Å²) in [6.45, 7) is 2.39. The van der Waals surface area contributed by atoms with E-state index in [9.17, 15) is 9.59 Å². The lowest BCUT2D eigenvalue weighted by atomic mass is 10.1. The average molecular weight is 353 g/mol. The number of urea groups is 1. The second-order valence-electron chi connectivity index (χ2n) is 6.35. The number of ether oxygens (including phenoxy) is 1. The Morgan fingerprint density at radius 2 is 1.85 bits per heavy atom. The van der Waals surface area contributed by atoms with E-state index < -0.39 is 0 Å². The zero-order chi connectivity index (χ0) is 18.5. The number of nitrogens with one attached hydrogen (secondary N) is 2. The quantitative estimate of drug-likeness (QED) is 0.868. The highest BCUT2D eigenvalue weighted by Crippen LogP contribution is 2.24.